The topological polar surface area (TPSA) is 38.3 Å². The summed E-state index contributed by atoms with van der Waals surface area (Å²) >= 11 is 5.77. The largest absolute Gasteiger partial charge is 0.378 e. The summed E-state index contributed by atoms with van der Waals surface area (Å²) in [5, 5.41) is 3.05. The molecule has 0 aliphatic heterocycles. The van der Waals surface area contributed by atoms with Crippen molar-refractivity contribution >= 4 is 17.5 Å². The van der Waals surface area contributed by atoms with Crippen LogP contribution in [0, 0.1) is 5.41 Å². The van der Waals surface area contributed by atoms with Crippen molar-refractivity contribution in [1.29, 1.82) is 0 Å². The standard InChI is InChI=1S/C13H22ClNO2/c1-17-13(3-2-4-13)9-11(16)15-10-12(5-6-12)7-8-14/h2-10H2,1H3,(H,15,16). The van der Waals surface area contributed by atoms with E-state index in [4.69, 9.17) is 16.3 Å². The monoisotopic (exact) mass is 259 g/mol. The highest BCUT2D eigenvalue weighted by molar-refractivity contribution is 6.17. The van der Waals surface area contributed by atoms with Gasteiger partial charge in [0.1, 0.15) is 0 Å². The Morgan fingerprint density at radius 2 is 2.06 bits per heavy atom. The number of carbonyl (C=O) groups is 1. The third-order valence-corrected chi connectivity index (χ3v) is 4.61. The van der Waals surface area contributed by atoms with Crippen molar-refractivity contribution in [2.45, 2.75) is 50.5 Å². The number of hydrogen-bond acceptors (Lipinski definition) is 2. The lowest BCUT2D eigenvalue weighted by Gasteiger charge is -2.40. The summed E-state index contributed by atoms with van der Waals surface area (Å²) in [6, 6.07) is 0. The van der Waals surface area contributed by atoms with Gasteiger partial charge < -0.3 is 10.1 Å². The number of hydrogen-bond donors (Lipinski definition) is 1. The van der Waals surface area contributed by atoms with Gasteiger partial charge in [-0.1, -0.05) is 0 Å². The minimum atomic E-state index is -0.159. The molecule has 1 N–H and O–H groups in total. The van der Waals surface area contributed by atoms with Gasteiger partial charge in [-0.05, 0) is 43.9 Å². The number of amides is 1. The zero-order valence-electron chi connectivity index (χ0n) is 10.6. The normalized spacial score (nSPS) is 23.9. The molecule has 0 spiro atoms. The van der Waals surface area contributed by atoms with Crippen LogP contribution in [0.3, 0.4) is 0 Å². The fraction of sp³-hybridized carbons (Fsp3) is 0.923. The fourth-order valence-corrected chi connectivity index (χ4v) is 2.96. The molecule has 2 aliphatic carbocycles. The first kappa shape index (κ1) is 13.2. The lowest BCUT2D eigenvalue weighted by molar-refractivity contribution is -0.134. The molecule has 0 bridgehead atoms. The second kappa shape index (κ2) is 5.15. The van der Waals surface area contributed by atoms with E-state index < -0.39 is 0 Å². The van der Waals surface area contributed by atoms with Crippen molar-refractivity contribution in [3.05, 3.63) is 0 Å². The van der Waals surface area contributed by atoms with E-state index in [1.165, 1.54) is 19.3 Å². The summed E-state index contributed by atoms with van der Waals surface area (Å²) in [6.45, 7) is 0.790. The van der Waals surface area contributed by atoms with Crippen molar-refractivity contribution in [2.75, 3.05) is 19.5 Å². The number of ether oxygens (including phenoxy) is 1. The molecule has 2 fully saturated rings. The van der Waals surface area contributed by atoms with Crippen molar-refractivity contribution in [3.8, 4) is 0 Å². The van der Waals surface area contributed by atoms with Gasteiger partial charge in [0.15, 0.2) is 0 Å². The van der Waals surface area contributed by atoms with E-state index >= 15 is 0 Å². The molecule has 98 valence electrons. The molecule has 0 unspecified atom stereocenters. The van der Waals surface area contributed by atoms with Crippen LogP contribution in [0.5, 0.6) is 0 Å². The van der Waals surface area contributed by atoms with Crippen LogP contribution in [-0.4, -0.2) is 31.0 Å². The molecule has 17 heavy (non-hydrogen) atoms. The molecule has 3 nitrogen and oxygen atoms in total. The summed E-state index contributed by atoms with van der Waals surface area (Å²) < 4.78 is 5.46. The van der Waals surface area contributed by atoms with Gasteiger partial charge in [-0.2, -0.15) is 0 Å². The van der Waals surface area contributed by atoms with E-state index in [1.54, 1.807) is 7.11 Å². The van der Waals surface area contributed by atoms with Gasteiger partial charge >= 0.3 is 0 Å². The van der Waals surface area contributed by atoms with Crippen LogP contribution in [0.25, 0.3) is 0 Å². The highest BCUT2D eigenvalue weighted by Gasteiger charge is 2.43. The molecule has 0 aromatic heterocycles. The number of methoxy groups -OCH3 is 1. The highest BCUT2D eigenvalue weighted by Crippen LogP contribution is 2.48. The second-order valence-corrected chi connectivity index (χ2v) is 6.01. The van der Waals surface area contributed by atoms with E-state index in [2.05, 4.69) is 5.32 Å². The molecule has 2 rings (SSSR count). The SMILES string of the molecule is COC1(CC(=O)NCC2(CCCl)CC2)CCC1. The van der Waals surface area contributed by atoms with E-state index in [-0.39, 0.29) is 11.5 Å². The van der Waals surface area contributed by atoms with Gasteiger partial charge in [0, 0.05) is 19.5 Å². The first-order chi connectivity index (χ1) is 8.14. The van der Waals surface area contributed by atoms with Crippen LogP contribution in [0.1, 0.15) is 44.9 Å². The quantitative estimate of drug-likeness (QED) is 0.714. The Kier molecular flexibility index (Phi) is 3.99. The number of rotatable bonds is 7. The first-order valence-corrected chi connectivity index (χ1v) is 7.05. The van der Waals surface area contributed by atoms with E-state index in [9.17, 15) is 4.79 Å². The summed E-state index contributed by atoms with van der Waals surface area (Å²) in [7, 11) is 1.71. The van der Waals surface area contributed by atoms with E-state index in [0.29, 0.717) is 17.7 Å². The maximum atomic E-state index is 11.9. The lowest BCUT2D eigenvalue weighted by Crippen LogP contribution is -2.44. The fourth-order valence-electron chi connectivity index (χ4n) is 2.56. The predicted octanol–water partition coefficient (Wildman–Crippen LogP) is 2.47. The Morgan fingerprint density at radius 1 is 1.35 bits per heavy atom. The molecule has 1 amide bonds. The summed E-state index contributed by atoms with van der Waals surface area (Å²) in [6.07, 6.45) is 7.15. The minimum Gasteiger partial charge on any atom is -0.378 e. The van der Waals surface area contributed by atoms with Crippen LogP contribution in [0.2, 0.25) is 0 Å². The zero-order chi connectivity index (χ0) is 12.4. The van der Waals surface area contributed by atoms with E-state index in [0.717, 1.165) is 25.8 Å². The molecule has 0 atom stereocenters. The third kappa shape index (κ3) is 3.14. The Morgan fingerprint density at radius 3 is 2.47 bits per heavy atom. The van der Waals surface area contributed by atoms with Gasteiger partial charge in [0.25, 0.3) is 0 Å². The zero-order valence-corrected chi connectivity index (χ0v) is 11.3. The molecule has 4 heteroatoms. The van der Waals surface area contributed by atoms with Crippen LogP contribution < -0.4 is 5.32 Å². The Bertz CT molecular complexity index is 280. The number of halogens is 1. The molecule has 2 aliphatic rings. The summed E-state index contributed by atoms with van der Waals surface area (Å²) in [5.41, 5.74) is 0.157. The number of carbonyl (C=O) groups excluding carboxylic acids is 1. The molecule has 2 saturated carbocycles. The average Bonchev–Trinajstić information content (AvgIpc) is 3.02. The number of alkyl halides is 1. The molecular weight excluding hydrogens is 238 g/mol. The molecule has 0 heterocycles. The Hall–Kier alpha value is -0.280. The molecule has 0 aromatic carbocycles. The Balaban J connectivity index is 1.71. The van der Waals surface area contributed by atoms with Crippen LogP contribution in [0.15, 0.2) is 0 Å². The number of nitrogens with one attached hydrogen (secondary N) is 1. The molecular formula is C13H22ClNO2. The smallest absolute Gasteiger partial charge is 0.222 e. The summed E-state index contributed by atoms with van der Waals surface area (Å²) in [5.74, 6) is 0.824. The highest BCUT2D eigenvalue weighted by atomic mass is 35.5. The van der Waals surface area contributed by atoms with Crippen molar-refractivity contribution in [2.24, 2.45) is 5.41 Å². The minimum absolute atomic E-state index is 0.132. The maximum absolute atomic E-state index is 11.9. The van der Waals surface area contributed by atoms with Crippen molar-refractivity contribution < 1.29 is 9.53 Å². The van der Waals surface area contributed by atoms with Crippen molar-refractivity contribution in [3.63, 3.8) is 0 Å². The van der Waals surface area contributed by atoms with Gasteiger partial charge in [0.2, 0.25) is 5.91 Å². The van der Waals surface area contributed by atoms with Crippen LogP contribution in [-0.2, 0) is 9.53 Å². The van der Waals surface area contributed by atoms with E-state index in [1.807, 2.05) is 0 Å². The predicted molar refractivity (Wildman–Crippen MR) is 68.2 cm³/mol. The Labute approximate surface area is 108 Å². The second-order valence-electron chi connectivity index (χ2n) is 5.63. The summed E-state index contributed by atoms with van der Waals surface area (Å²) in [4.78, 5) is 11.9. The van der Waals surface area contributed by atoms with Crippen molar-refractivity contribution in [1.82, 2.24) is 5.32 Å². The van der Waals surface area contributed by atoms with Gasteiger partial charge in [-0.25, -0.2) is 0 Å². The third-order valence-electron chi connectivity index (χ3n) is 4.42. The van der Waals surface area contributed by atoms with Gasteiger partial charge in [0.05, 0.1) is 12.0 Å². The van der Waals surface area contributed by atoms with Gasteiger partial charge in [-0.3, -0.25) is 4.79 Å². The van der Waals surface area contributed by atoms with Crippen LogP contribution >= 0.6 is 11.6 Å². The van der Waals surface area contributed by atoms with Crippen LogP contribution in [0.4, 0.5) is 0 Å². The average molecular weight is 260 g/mol. The molecule has 0 aromatic rings. The maximum Gasteiger partial charge on any atom is 0.222 e. The molecule has 0 radical (unpaired) electrons. The first-order valence-electron chi connectivity index (χ1n) is 6.52. The lowest BCUT2D eigenvalue weighted by atomic mass is 9.77. The molecule has 0 saturated heterocycles. The van der Waals surface area contributed by atoms with Gasteiger partial charge in [-0.15, -0.1) is 11.6 Å².